The van der Waals surface area contributed by atoms with E-state index in [1.165, 1.54) is 12.1 Å². The van der Waals surface area contributed by atoms with Crippen LogP contribution in [-0.4, -0.2) is 33.8 Å². The number of carbonyl (C=O) groups excluding carboxylic acids is 4. The Labute approximate surface area is 274 Å². The minimum atomic E-state index is -0.772. The lowest BCUT2D eigenvalue weighted by Crippen LogP contribution is -2.47. The summed E-state index contributed by atoms with van der Waals surface area (Å²) in [6, 6.07) is 9.80. The highest BCUT2D eigenvalue weighted by Gasteiger charge is 2.24. The molecule has 0 radical (unpaired) electrons. The van der Waals surface area contributed by atoms with E-state index in [-0.39, 0.29) is 29.0 Å². The summed E-state index contributed by atoms with van der Waals surface area (Å²) in [5.41, 5.74) is 11.2. The molecule has 0 fully saturated rings. The summed E-state index contributed by atoms with van der Waals surface area (Å²) >= 11 is 0. The van der Waals surface area contributed by atoms with Crippen molar-refractivity contribution in [2.24, 2.45) is 5.92 Å². The molecule has 10 heteroatoms. The number of carbonyl (C=O) groups is 4. The van der Waals surface area contributed by atoms with Crippen molar-refractivity contribution in [1.29, 1.82) is 0 Å². The lowest BCUT2D eigenvalue weighted by molar-refractivity contribution is -0.131. The molecule has 0 aliphatic carbocycles. The molecule has 0 spiro atoms. The second-order valence-corrected chi connectivity index (χ2v) is 11.9. The summed E-state index contributed by atoms with van der Waals surface area (Å²) in [7, 11) is 0. The molecule has 4 amide bonds. The van der Waals surface area contributed by atoms with Crippen LogP contribution >= 0.6 is 0 Å². The molecule has 6 N–H and O–H groups in total. The molecule has 1 unspecified atom stereocenters. The SMILES string of the molecule is CCCCCCCCC(CC(=O)NNC(=O)c1c(O)cccc1CCCCC)C(=O)NNC(=O)c1c(O)cccc1CCCCC. The average molecular weight is 639 g/mol. The smallest absolute Gasteiger partial charge is 0.273 e. The van der Waals surface area contributed by atoms with Gasteiger partial charge in [0.15, 0.2) is 0 Å². The number of aryl methyl sites for hydroxylation is 2. The Morgan fingerprint density at radius 2 is 1.04 bits per heavy atom. The summed E-state index contributed by atoms with van der Waals surface area (Å²) in [6.07, 6.45) is 13.2. The predicted octanol–water partition coefficient (Wildman–Crippen LogP) is 6.54. The van der Waals surface area contributed by atoms with Crippen molar-refractivity contribution in [3.63, 3.8) is 0 Å². The van der Waals surface area contributed by atoms with Crippen molar-refractivity contribution in [2.75, 3.05) is 0 Å². The second-order valence-electron chi connectivity index (χ2n) is 11.9. The lowest BCUT2D eigenvalue weighted by Gasteiger charge is -2.18. The van der Waals surface area contributed by atoms with Gasteiger partial charge in [0.1, 0.15) is 11.5 Å². The molecular formula is C36H54N4O6. The zero-order valence-corrected chi connectivity index (χ0v) is 27.9. The first kappa shape index (κ1) is 38.1. The van der Waals surface area contributed by atoms with Crippen molar-refractivity contribution in [3.05, 3.63) is 58.7 Å². The van der Waals surface area contributed by atoms with Crippen LogP contribution in [0.3, 0.4) is 0 Å². The first-order chi connectivity index (χ1) is 22.2. The number of aromatic hydroxyl groups is 2. The molecule has 0 saturated heterocycles. The van der Waals surface area contributed by atoms with Crippen LogP contribution in [0, 0.1) is 5.92 Å². The molecule has 2 aromatic carbocycles. The quantitative estimate of drug-likeness (QED) is 0.0714. The zero-order valence-electron chi connectivity index (χ0n) is 27.9. The first-order valence-electron chi connectivity index (χ1n) is 17.0. The third-order valence-electron chi connectivity index (χ3n) is 8.13. The molecule has 0 saturated carbocycles. The van der Waals surface area contributed by atoms with Crippen LogP contribution in [0.2, 0.25) is 0 Å². The fourth-order valence-electron chi connectivity index (χ4n) is 5.49. The Morgan fingerprint density at radius 1 is 0.587 bits per heavy atom. The number of rotatable bonds is 20. The average Bonchev–Trinajstić information content (AvgIpc) is 3.03. The number of hydrazine groups is 2. The van der Waals surface area contributed by atoms with Crippen LogP contribution in [-0.2, 0) is 22.4 Å². The molecule has 0 aromatic heterocycles. The standard InChI is InChI=1S/C36H54N4O6/c1-4-7-10-11-12-15-20-28(34(44)38-40-36(46)33-27(19-14-9-6-3)22-17-24-30(33)42)25-31(43)37-39-35(45)32-26(18-13-8-5-2)21-16-23-29(32)41/h16-17,21-24,28,41-42H,4-15,18-20,25H2,1-3H3,(H,37,43)(H,38,44)(H,39,45)(H,40,46). The first-order valence-corrected chi connectivity index (χ1v) is 17.0. The molecule has 2 rings (SSSR count). The third-order valence-corrected chi connectivity index (χ3v) is 8.13. The van der Waals surface area contributed by atoms with Crippen molar-refractivity contribution in [1.82, 2.24) is 21.7 Å². The molecule has 10 nitrogen and oxygen atoms in total. The van der Waals surface area contributed by atoms with Gasteiger partial charge in [0.2, 0.25) is 11.8 Å². The molecular weight excluding hydrogens is 584 g/mol. The molecule has 0 aliphatic rings. The summed E-state index contributed by atoms with van der Waals surface area (Å²) in [5.74, 6) is -3.50. The van der Waals surface area contributed by atoms with Gasteiger partial charge in [-0.2, -0.15) is 0 Å². The fraction of sp³-hybridized carbons (Fsp3) is 0.556. The monoisotopic (exact) mass is 638 g/mol. The number of phenolic OH excluding ortho intramolecular Hbond substituents is 2. The van der Waals surface area contributed by atoms with E-state index < -0.39 is 29.5 Å². The van der Waals surface area contributed by atoms with E-state index in [1.807, 2.05) is 0 Å². The highest BCUT2D eigenvalue weighted by Crippen LogP contribution is 2.24. The second kappa shape index (κ2) is 21.6. The van der Waals surface area contributed by atoms with Gasteiger partial charge in [0.05, 0.1) is 11.1 Å². The number of amides is 4. The van der Waals surface area contributed by atoms with Crippen molar-refractivity contribution < 1.29 is 29.4 Å². The summed E-state index contributed by atoms with van der Waals surface area (Å²) in [5, 5.41) is 20.8. The minimum Gasteiger partial charge on any atom is -0.507 e. The molecule has 46 heavy (non-hydrogen) atoms. The van der Waals surface area contributed by atoms with E-state index in [9.17, 15) is 29.4 Å². The van der Waals surface area contributed by atoms with Crippen LogP contribution < -0.4 is 21.7 Å². The normalized spacial score (nSPS) is 11.5. The Morgan fingerprint density at radius 3 is 1.57 bits per heavy atom. The van der Waals surface area contributed by atoms with Gasteiger partial charge in [-0.25, -0.2) is 0 Å². The van der Waals surface area contributed by atoms with Gasteiger partial charge in [0.25, 0.3) is 11.8 Å². The number of phenols is 2. The minimum absolute atomic E-state index is 0.112. The van der Waals surface area contributed by atoms with Gasteiger partial charge in [-0.05, 0) is 55.4 Å². The maximum Gasteiger partial charge on any atom is 0.273 e. The van der Waals surface area contributed by atoms with Crippen molar-refractivity contribution in [3.8, 4) is 11.5 Å². The van der Waals surface area contributed by atoms with Crippen LogP contribution in [0.15, 0.2) is 36.4 Å². The number of hydrogen-bond acceptors (Lipinski definition) is 6. The van der Waals surface area contributed by atoms with Gasteiger partial charge in [-0.3, -0.25) is 40.9 Å². The summed E-state index contributed by atoms with van der Waals surface area (Å²) < 4.78 is 0. The van der Waals surface area contributed by atoms with E-state index in [2.05, 4.69) is 42.5 Å². The largest absolute Gasteiger partial charge is 0.507 e. The molecule has 0 aliphatic heterocycles. The van der Waals surface area contributed by atoms with Gasteiger partial charge in [-0.15, -0.1) is 0 Å². The zero-order chi connectivity index (χ0) is 33.7. The van der Waals surface area contributed by atoms with Gasteiger partial charge < -0.3 is 10.2 Å². The molecule has 0 heterocycles. The molecule has 254 valence electrons. The number of benzene rings is 2. The maximum atomic E-state index is 13.2. The van der Waals surface area contributed by atoms with E-state index in [1.54, 1.807) is 24.3 Å². The Hall–Kier alpha value is -4.08. The van der Waals surface area contributed by atoms with Crippen LogP contribution in [0.1, 0.15) is 143 Å². The third kappa shape index (κ3) is 13.1. The van der Waals surface area contributed by atoms with Gasteiger partial charge >= 0.3 is 0 Å². The van der Waals surface area contributed by atoms with Crippen molar-refractivity contribution in [2.45, 2.75) is 124 Å². The number of hydrogen-bond donors (Lipinski definition) is 6. The molecule has 0 bridgehead atoms. The predicted molar refractivity (Wildman–Crippen MR) is 180 cm³/mol. The van der Waals surface area contributed by atoms with Crippen LogP contribution in [0.4, 0.5) is 0 Å². The van der Waals surface area contributed by atoms with E-state index in [0.717, 1.165) is 77.0 Å². The highest BCUT2D eigenvalue weighted by atomic mass is 16.3. The fourth-order valence-corrected chi connectivity index (χ4v) is 5.49. The van der Waals surface area contributed by atoms with Crippen molar-refractivity contribution >= 4 is 23.6 Å². The lowest BCUT2D eigenvalue weighted by atomic mass is 9.96. The maximum absolute atomic E-state index is 13.2. The van der Waals surface area contributed by atoms with Gasteiger partial charge in [0, 0.05) is 12.3 Å². The summed E-state index contributed by atoms with van der Waals surface area (Å²) in [4.78, 5) is 52.2. The Balaban J connectivity index is 2.05. The van der Waals surface area contributed by atoms with Gasteiger partial charge in [-0.1, -0.05) is 109 Å². The molecule has 2 aromatic rings. The molecule has 1 atom stereocenters. The summed E-state index contributed by atoms with van der Waals surface area (Å²) in [6.45, 7) is 6.31. The number of nitrogens with one attached hydrogen (secondary N) is 4. The Kier molecular flexibility index (Phi) is 17.9. The highest BCUT2D eigenvalue weighted by molar-refractivity contribution is 6.00. The van der Waals surface area contributed by atoms with E-state index >= 15 is 0 Å². The van der Waals surface area contributed by atoms with Crippen LogP contribution in [0.25, 0.3) is 0 Å². The van der Waals surface area contributed by atoms with Crippen LogP contribution in [0.5, 0.6) is 11.5 Å². The van der Waals surface area contributed by atoms with E-state index in [0.29, 0.717) is 30.4 Å². The topological polar surface area (TPSA) is 157 Å². The van der Waals surface area contributed by atoms with E-state index in [4.69, 9.17) is 0 Å². The Bertz CT molecular complexity index is 1270. The number of unbranched alkanes of at least 4 members (excludes halogenated alkanes) is 9.